The van der Waals surface area contributed by atoms with E-state index in [1.54, 1.807) is 37.1 Å². The molecule has 2 heterocycles. The fraction of sp³-hybridized carbons (Fsp3) is 0.219. The number of thioether (sulfide) groups is 1. The summed E-state index contributed by atoms with van der Waals surface area (Å²) < 4.78 is 15.7. The van der Waals surface area contributed by atoms with Gasteiger partial charge in [0, 0.05) is 15.5 Å². The molecule has 0 spiro atoms. The summed E-state index contributed by atoms with van der Waals surface area (Å²) in [7, 11) is 0. The molecule has 0 bridgehead atoms. The summed E-state index contributed by atoms with van der Waals surface area (Å²) in [6.07, 6.45) is 3.57. The van der Waals surface area contributed by atoms with Gasteiger partial charge in [0.2, 0.25) is 0 Å². The van der Waals surface area contributed by atoms with Crippen molar-refractivity contribution in [1.82, 2.24) is 4.57 Å². The van der Waals surface area contributed by atoms with Crippen LogP contribution >= 0.6 is 79.9 Å². The summed E-state index contributed by atoms with van der Waals surface area (Å²) in [5.74, 6) is 0.290. The minimum absolute atomic E-state index is 0.214. The first-order chi connectivity index (χ1) is 20.6. The maximum Gasteiger partial charge on any atom is 0.338 e. The number of ether oxygens (including phenoxy) is 2. The molecule has 1 aliphatic rings. The Bertz CT molecular complexity index is 1890. The molecule has 43 heavy (non-hydrogen) atoms. The van der Waals surface area contributed by atoms with Gasteiger partial charge in [-0.1, -0.05) is 53.3 Å². The summed E-state index contributed by atoms with van der Waals surface area (Å²) in [5, 5.41) is 0.661. The highest BCUT2D eigenvalue weighted by Crippen LogP contribution is 2.33. The lowest BCUT2D eigenvalue weighted by molar-refractivity contribution is -0.143. The molecule has 0 fully saturated rings. The van der Waals surface area contributed by atoms with Gasteiger partial charge >= 0.3 is 5.97 Å². The van der Waals surface area contributed by atoms with Crippen molar-refractivity contribution >= 4 is 91.9 Å². The first-order valence-corrected chi connectivity index (χ1v) is 17.9. The van der Waals surface area contributed by atoms with Gasteiger partial charge < -0.3 is 9.47 Å². The van der Waals surface area contributed by atoms with E-state index in [1.165, 1.54) is 11.3 Å². The zero-order chi connectivity index (χ0) is 30.8. The molecule has 6 nitrogen and oxygen atoms in total. The van der Waals surface area contributed by atoms with E-state index in [9.17, 15) is 9.59 Å². The highest BCUT2D eigenvalue weighted by molar-refractivity contribution is 14.1. The van der Waals surface area contributed by atoms with Crippen LogP contribution in [0, 0.1) is 7.14 Å². The number of thiazole rings is 1. The van der Waals surface area contributed by atoms with Crippen LogP contribution in [0.15, 0.2) is 86.6 Å². The molecule has 1 atom stereocenters. The summed E-state index contributed by atoms with van der Waals surface area (Å²) in [4.78, 5) is 33.7. The van der Waals surface area contributed by atoms with E-state index in [1.807, 2.05) is 73.0 Å². The van der Waals surface area contributed by atoms with Crippen LogP contribution in [0.4, 0.5) is 0 Å². The van der Waals surface area contributed by atoms with Crippen molar-refractivity contribution in [2.45, 2.75) is 44.4 Å². The average Bonchev–Trinajstić information content (AvgIpc) is 3.26. The number of nitrogens with zero attached hydrogens (tertiary/aromatic N) is 2. The van der Waals surface area contributed by atoms with E-state index in [0.29, 0.717) is 32.2 Å². The van der Waals surface area contributed by atoms with Crippen LogP contribution in [-0.2, 0) is 16.1 Å². The molecule has 3 aromatic carbocycles. The topological polar surface area (TPSA) is 69.9 Å². The van der Waals surface area contributed by atoms with Crippen LogP contribution in [0.1, 0.15) is 43.5 Å². The molecule has 222 valence electrons. The van der Waals surface area contributed by atoms with Crippen molar-refractivity contribution < 1.29 is 14.3 Å². The van der Waals surface area contributed by atoms with Gasteiger partial charge in [-0.15, -0.1) is 11.8 Å². The summed E-state index contributed by atoms with van der Waals surface area (Å²) >= 11 is 13.7. The number of carbonyl (C=O) groups excluding carboxylic acids is 1. The molecule has 0 saturated heterocycles. The number of hydrogen-bond acceptors (Lipinski definition) is 7. The monoisotopic (exact) mass is 856 g/mol. The van der Waals surface area contributed by atoms with Gasteiger partial charge in [0.05, 0.1) is 35.1 Å². The van der Waals surface area contributed by atoms with E-state index < -0.39 is 12.0 Å². The fourth-order valence-electron chi connectivity index (χ4n) is 4.68. The van der Waals surface area contributed by atoms with Crippen LogP contribution in [0.5, 0.6) is 5.75 Å². The SMILES string of the molecule is CSc1ccc([C@@H]2C(C(=O)OC(C)C)=C(C)N=c3s/c(=C\c4cc(I)c(OCc5ccccc5Cl)c(I)c4)c(=O)n32)cc1. The Morgan fingerprint density at radius 1 is 1.14 bits per heavy atom. The standard InChI is InChI=1S/C32H27ClI2N2O4S2/c1-17(2)41-31(39)27-18(3)36-32-37(28(27)20-9-11-22(42-4)12-10-20)30(38)26(43-32)15-19-13-24(34)29(25(35)14-19)40-16-21-7-5-6-8-23(21)33/h5-15,17,28H,16H2,1-4H3/b26-15-/t28-/m1/s1. The van der Waals surface area contributed by atoms with Crippen LogP contribution in [0.25, 0.3) is 6.08 Å². The zero-order valence-corrected chi connectivity index (χ0v) is 30.4. The maximum atomic E-state index is 14.0. The van der Waals surface area contributed by atoms with Crippen molar-refractivity contribution in [3.63, 3.8) is 0 Å². The molecular formula is C32H27ClI2N2O4S2. The van der Waals surface area contributed by atoms with Gasteiger partial charge in [-0.3, -0.25) is 9.36 Å². The van der Waals surface area contributed by atoms with Gasteiger partial charge in [0.1, 0.15) is 12.4 Å². The average molecular weight is 857 g/mol. The first kappa shape index (κ1) is 32.3. The van der Waals surface area contributed by atoms with Crippen molar-refractivity contribution in [2.75, 3.05) is 6.26 Å². The van der Waals surface area contributed by atoms with E-state index in [0.717, 1.165) is 34.5 Å². The number of esters is 1. The lowest BCUT2D eigenvalue weighted by atomic mass is 9.96. The predicted octanol–water partition coefficient (Wildman–Crippen LogP) is 7.35. The van der Waals surface area contributed by atoms with Crippen LogP contribution in [-0.4, -0.2) is 22.9 Å². The molecule has 1 aromatic heterocycles. The summed E-state index contributed by atoms with van der Waals surface area (Å²) in [6.45, 7) is 5.76. The van der Waals surface area contributed by atoms with E-state index >= 15 is 0 Å². The zero-order valence-electron chi connectivity index (χ0n) is 23.7. The van der Waals surface area contributed by atoms with Gasteiger partial charge in [0.25, 0.3) is 5.56 Å². The molecule has 1 aliphatic heterocycles. The lowest BCUT2D eigenvalue weighted by Gasteiger charge is -2.25. The summed E-state index contributed by atoms with van der Waals surface area (Å²) in [5.41, 5.74) is 3.29. The molecule has 0 saturated carbocycles. The van der Waals surface area contributed by atoms with E-state index in [4.69, 9.17) is 26.1 Å². The number of aromatic nitrogens is 1. The Balaban J connectivity index is 1.56. The van der Waals surface area contributed by atoms with Gasteiger partial charge in [0.15, 0.2) is 4.80 Å². The largest absolute Gasteiger partial charge is 0.487 e. The molecule has 0 N–H and O–H groups in total. The number of rotatable bonds is 8. The molecule has 4 aromatic rings. The highest BCUT2D eigenvalue weighted by atomic mass is 127. The van der Waals surface area contributed by atoms with E-state index in [-0.39, 0.29) is 11.7 Å². The Hall–Kier alpha value is -2.13. The molecular weight excluding hydrogens is 830 g/mol. The van der Waals surface area contributed by atoms with Gasteiger partial charge in [-0.05, 0) is 120 Å². The smallest absolute Gasteiger partial charge is 0.338 e. The van der Waals surface area contributed by atoms with Gasteiger partial charge in [-0.25, -0.2) is 9.79 Å². The van der Waals surface area contributed by atoms with Crippen LogP contribution < -0.4 is 19.6 Å². The summed E-state index contributed by atoms with van der Waals surface area (Å²) in [6, 6.07) is 18.8. The second kappa shape index (κ2) is 13.9. The molecule has 0 aliphatic carbocycles. The number of benzene rings is 3. The van der Waals surface area contributed by atoms with Crippen LogP contribution in [0.3, 0.4) is 0 Å². The van der Waals surface area contributed by atoms with Gasteiger partial charge in [-0.2, -0.15) is 0 Å². The minimum atomic E-state index is -0.651. The lowest BCUT2D eigenvalue weighted by Crippen LogP contribution is -2.40. The number of halogens is 3. The maximum absolute atomic E-state index is 14.0. The first-order valence-electron chi connectivity index (χ1n) is 13.3. The Kier molecular flexibility index (Phi) is 10.4. The molecule has 5 rings (SSSR count). The van der Waals surface area contributed by atoms with Crippen molar-refractivity contribution in [1.29, 1.82) is 0 Å². The Morgan fingerprint density at radius 2 is 1.81 bits per heavy atom. The second-order valence-electron chi connectivity index (χ2n) is 10.0. The number of fused-ring (bicyclic) bond motifs is 1. The molecule has 0 radical (unpaired) electrons. The van der Waals surface area contributed by atoms with Crippen molar-refractivity contribution in [3.8, 4) is 5.75 Å². The second-order valence-corrected chi connectivity index (χ2v) is 14.6. The van der Waals surface area contributed by atoms with E-state index in [2.05, 4.69) is 45.2 Å². The minimum Gasteiger partial charge on any atom is -0.487 e. The van der Waals surface area contributed by atoms with Crippen LogP contribution in [0.2, 0.25) is 5.02 Å². The quantitative estimate of drug-likeness (QED) is 0.105. The van der Waals surface area contributed by atoms with Crippen molar-refractivity contribution in [3.05, 3.63) is 120 Å². The molecule has 11 heteroatoms. The number of hydrogen-bond donors (Lipinski definition) is 0. The molecule has 0 unspecified atom stereocenters. The predicted molar refractivity (Wildman–Crippen MR) is 191 cm³/mol. The third-order valence-electron chi connectivity index (χ3n) is 6.66. The Labute approximate surface area is 290 Å². The molecule has 0 amide bonds. The normalized spacial score (nSPS) is 15.0. The van der Waals surface area contributed by atoms with Crippen molar-refractivity contribution in [2.24, 2.45) is 4.99 Å². The highest BCUT2D eigenvalue weighted by Gasteiger charge is 2.33. The Morgan fingerprint density at radius 3 is 2.44 bits per heavy atom. The number of allylic oxidation sites excluding steroid dienone is 1. The third-order valence-corrected chi connectivity index (χ3v) is 10.4. The number of carbonyl (C=O) groups is 1. The third kappa shape index (κ3) is 7.08. The fourth-order valence-corrected chi connectivity index (χ4v) is 8.45.